The van der Waals surface area contributed by atoms with Gasteiger partial charge in [-0.1, -0.05) is 36.4 Å². The number of nitrogens with two attached hydrogens (primary N) is 1. The molecule has 2 atom stereocenters. The van der Waals surface area contributed by atoms with Crippen molar-refractivity contribution in [2.45, 2.75) is 12.0 Å². The van der Waals surface area contributed by atoms with Crippen molar-refractivity contribution in [2.24, 2.45) is 5.73 Å². The highest BCUT2D eigenvalue weighted by Gasteiger charge is 2.22. The monoisotopic (exact) mass is 275 g/mol. The molecular formula is C16H18FNO2. The van der Waals surface area contributed by atoms with Crippen LogP contribution in [0.4, 0.5) is 4.39 Å². The third-order valence-corrected chi connectivity index (χ3v) is 3.38. The largest absolute Gasteiger partial charge is 0.494 e. The molecule has 3 N–H and O–H groups in total. The van der Waals surface area contributed by atoms with E-state index in [0.29, 0.717) is 5.56 Å². The summed E-state index contributed by atoms with van der Waals surface area (Å²) in [5.74, 6) is -0.609. The number of ether oxygens (including phenoxy) is 1. The van der Waals surface area contributed by atoms with Crippen molar-refractivity contribution in [1.29, 1.82) is 0 Å². The number of rotatable bonds is 5. The lowest BCUT2D eigenvalue weighted by molar-refractivity contribution is 0.147. The summed E-state index contributed by atoms with van der Waals surface area (Å²) < 4.78 is 18.6. The van der Waals surface area contributed by atoms with Gasteiger partial charge in [-0.05, 0) is 23.3 Å². The molecule has 2 unspecified atom stereocenters. The molecule has 0 heterocycles. The molecule has 0 bridgehead atoms. The minimum Gasteiger partial charge on any atom is -0.494 e. The summed E-state index contributed by atoms with van der Waals surface area (Å²) in [4.78, 5) is 0. The highest BCUT2D eigenvalue weighted by molar-refractivity contribution is 5.33. The van der Waals surface area contributed by atoms with E-state index in [0.717, 1.165) is 5.56 Å². The minimum atomic E-state index is -0.859. The second-order valence-corrected chi connectivity index (χ2v) is 4.59. The van der Waals surface area contributed by atoms with Crippen LogP contribution in [-0.4, -0.2) is 18.8 Å². The second-order valence-electron chi connectivity index (χ2n) is 4.59. The van der Waals surface area contributed by atoms with Crippen molar-refractivity contribution >= 4 is 0 Å². The SMILES string of the molecule is COc1ccc(C(O)C(CN)c2ccccc2)cc1F. The fourth-order valence-corrected chi connectivity index (χ4v) is 2.25. The Bertz CT molecular complexity index is 560. The minimum absolute atomic E-state index is 0.157. The number of halogens is 1. The van der Waals surface area contributed by atoms with E-state index in [2.05, 4.69) is 0 Å². The van der Waals surface area contributed by atoms with Gasteiger partial charge in [-0.3, -0.25) is 0 Å². The van der Waals surface area contributed by atoms with Crippen LogP contribution in [0.5, 0.6) is 5.75 Å². The maximum Gasteiger partial charge on any atom is 0.165 e. The van der Waals surface area contributed by atoms with Gasteiger partial charge >= 0.3 is 0 Å². The molecule has 0 amide bonds. The molecule has 2 aromatic rings. The predicted octanol–water partition coefficient (Wildman–Crippen LogP) is 2.61. The molecule has 4 heteroatoms. The first-order valence-corrected chi connectivity index (χ1v) is 6.44. The Balaban J connectivity index is 2.29. The fourth-order valence-electron chi connectivity index (χ4n) is 2.25. The summed E-state index contributed by atoms with van der Waals surface area (Å²) in [6, 6.07) is 13.9. The summed E-state index contributed by atoms with van der Waals surface area (Å²) in [5, 5.41) is 10.4. The Morgan fingerprint density at radius 1 is 1.15 bits per heavy atom. The van der Waals surface area contributed by atoms with Crippen LogP contribution < -0.4 is 10.5 Å². The Morgan fingerprint density at radius 2 is 1.85 bits per heavy atom. The lowest BCUT2D eigenvalue weighted by atomic mass is 9.89. The summed E-state index contributed by atoms with van der Waals surface area (Å²) in [6.07, 6.45) is -0.859. The first-order valence-electron chi connectivity index (χ1n) is 6.44. The normalized spacial score (nSPS) is 13.8. The van der Waals surface area contributed by atoms with Crippen molar-refractivity contribution in [3.63, 3.8) is 0 Å². The molecule has 3 nitrogen and oxygen atoms in total. The molecule has 0 aliphatic heterocycles. The molecule has 0 aliphatic rings. The van der Waals surface area contributed by atoms with E-state index >= 15 is 0 Å². The van der Waals surface area contributed by atoms with Crippen LogP contribution in [0.15, 0.2) is 48.5 Å². The smallest absolute Gasteiger partial charge is 0.165 e. The van der Waals surface area contributed by atoms with Crippen LogP contribution in [0, 0.1) is 5.82 Å². The van der Waals surface area contributed by atoms with Gasteiger partial charge in [0.1, 0.15) is 0 Å². The Hall–Kier alpha value is -1.91. The van der Waals surface area contributed by atoms with Crippen LogP contribution in [0.1, 0.15) is 23.1 Å². The van der Waals surface area contributed by atoms with Gasteiger partial charge in [0.25, 0.3) is 0 Å². The molecule has 0 radical (unpaired) electrons. The number of hydrogen-bond acceptors (Lipinski definition) is 3. The van der Waals surface area contributed by atoms with Gasteiger partial charge in [-0.15, -0.1) is 0 Å². The van der Waals surface area contributed by atoms with Gasteiger partial charge < -0.3 is 15.6 Å². The predicted molar refractivity (Wildman–Crippen MR) is 76.1 cm³/mol. The molecule has 0 spiro atoms. The van der Waals surface area contributed by atoms with Crippen molar-refractivity contribution in [3.05, 3.63) is 65.5 Å². The summed E-state index contributed by atoms with van der Waals surface area (Å²) >= 11 is 0. The Labute approximate surface area is 117 Å². The van der Waals surface area contributed by atoms with Gasteiger partial charge in [0.05, 0.1) is 13.2 Å². The molecular weight excluding hydrogens is 257 g/mol. The lowest BCUT2D eigenvalue weighted by Gasteiger charge is -2.22. The molecule has 0 fully saturated rings. The molecule has 20 heavy (non-hydrogen) atoms. The van der Waals surface area contributed by atoms with Crippen molar-refractivity contribution in [1.82, 2.24) is 0 Å². The van der Waals surface area contributed by atoms with E-state index in [1.54, 1.807) is 6.07 Å². The third-order valence-electron chi connectivity index (χ3n) is 3.38. The molecule has 2 aromatic carbocycles. The van der Waals surface area contributed by atoms with E-state index in [9.17, 15) is 9.50 Å². The zero-order valence-electron chi connectivity index (χ0n) is 11.3. The average molecular weight is 275 g/mol. The van der Waals surface area contributed by atoms with Gasteiger partial charge in [0.15, 0.2) is 11.6 Å². The van der Waals surface area contributed by atoms with Crippen LogP contribution in [0.3, 0.4) is 0 Å². The molecule has 0 saturated heterocycles. The van der Waals surface area contributed by atoms with Gasteiger partial charge in [-0.25, -0.2) is 4.39 Å². The van der Waals surface area contributed by atoms with E-state index in [1.807, 2.05) is 30.3 Å². The van der Waals surface area contributed by atoms with Crippen molar-refractivity contribution in [2.75, 3.05) is 13.7 Å². The maximum absolute atomic E-state index is 13.7. The van der Waals surface area contributed by atoms with Crippen molar-refractivity contribution < 1.29 is 14.2 Å². The highest BCUT2D eigenvalue weighted by Crippen LogP contribution is 2.31. The van der Waals surface area contributed by atoms with Crippen LogP contribution in [0.2, 0.25) is 0 Å². The molecule has 0 saturated carbocycles. The lowest BCUT2D eigenvalue weighted by Crippen LogP contribution is -2.20. The standard InChI is InChI=1S/C16H18FNO2/c1-20-15-8-7-12(9-14(15)17)16(19)13(10-18)11-5-3-2-4-6-11/h2-9,13,16,19H,10,18H2,1H3. The van der Waals surface area contributed by atoms with E-state index in [-0.39, 0.29) is 18.2 Å². The number of aliphatic hydroxyl groups is 1. The molecule has 0 aromatic heterocycles. The first kappa shape index (κ1) is 14.5. The second kappa shape index (κ2) is 6.50. The van der Waals surface area contributed by atoms with Crippen LogP contribution >= 0.6 is 0 Å². The Kier molecular flexibility index (Phi) is 4.71. The number of aliphatic hydroxyl groups excluding tert-OH is 1. The van der Waals surface area contributed by atoms with Crippen LogP contribution in [0.25, 0.3) is 0 Å². The zero-order chi connectivity index (χ0) is 14.5. The fraction of sp³-hybridized carbons (Fsp3) is 0.250. The maximum atomic E-state index is 13.7. The molecule has 106 valence electrons. The zero-order valence-corrected chi connectivity index (χ0v) is 11.3. The highest BCUT2D eigenvalue weighted by atomic mass is 19.1. The third kappa shape index (κ3) is 2.98. The summed E-state index contributed by atoms with van der Waals surface area (Å²) in [7, 11) is 1.40. The quantitative estimate of drug-likeness (QED) is 0.882. The molecule has 2 rings (SSSR count). The van der Waals surface area contributed by atoms with Gasteiger partial charge in [0.2, 0.25) is 0 Å². The molecule has 0 aliphatic carbocycles. The number of benzene rings is 2. The first-order chi connectivity index (χ1) is 9.67. The van der Waals surface area contributed by atoms with E-state index in [4.69, 9.17) is 10.5 Å². The van der Waals surface area contributed by atoms with Gasteiger partial charge in [0, 0.05) is 12.5 Å². The number of methoxy groups -OCH3 is 1. The number of hydrogen-bond donors (Lipinski definition) is 2. The van der Waals surface area contributed by atoms with Gasteiger partial charge in [-0.2, -0.15) is 0 Å². The summed E-state index contributed by atoms with van der Waals surface area (Å²) in [5.41, 5.74) is 7.18. The van der Waals surface area contributed by atoms with Crippen molar-refractivity contribution in [3.8, 4) is 5.75 Å². The Morgan fingerprint density at radius 3 is 2.40 bits per heavy atom. The topological polar surface area (TPSA) is 55.5 Å². The van der Waals surface area contributed by atoms with Crippen LogP contribution in [-0.2, 0) is 0 Å². The van der Waals surface area contributed by atoms with E-state index < -0.39 is 11.9 Å². The van der Waals surface area contributed by atoms with E-state index in [1.165, 1.54) is 19.2 Å². The average Bonchev–Trinajstić information content (AvgIpc) is 2.49. The summed E-state index contributed by atoms with van der Waals surface area (Å²) in [6.45, 7) is 0.277.